The lowest BCUT2D eigenvalue weighted by molar-refractivity contribution is -0.917. The molecule has 0 unspecified atom stereocenters. The molecule has 2 heterocycles. The summed E-state index contributed by atoms with van der Waals surface area (Å²) in [5.74, 6) is 0.700. The predicted molar refractivity (Wildman–Crippen MR) is 108 cm³/mol. The number of ether oxygens (including phenoxy) is 1. The van der Waals surface area contributed by atoms with Gasteiger partial charge >= 0.3 is 0 Å². The van der Waals surface area contributed by atoms with Gasteiger partial charge in [-0.05, 0) is 24.4 Å². The van der Waals surface area contributed by atoms with E-state index in [9.17, 15) is 13.2 Å². The number of benzene rings is 1. The molecule has 1 atom stereocenters. The third-order valence-electron chi connectivity index (χ3n) is 5.11. The van der Waals surface area contributed by atoms with Gasteiger partial charge in [0.05, 0.1) is 33.3 Å². The highest BCUT2D eigenvalue weighted by Crippen LogP contribution is 2.20. The van der Waals surface area contributed by atoms with Crippen LogP contribution in [-0.4, -0.2) is 58.0 Å². The van der Waals surface area contributed by atoms with Crippen LogP contribution in [0.25, 0.3) is 0 Å². The molecule has 1 aromatic heterocycles. The average molecular weight is 425 g/mol. The van der Waals surface area contributed by atoms with Crippen LogP contribution < -0.4 is 15.0 Å². The molecule has 0 bridgehead atoms. The van der Waals surface area contributed by atoms with E-state index in [-0.39, 0.29) is 11.9 Å². The second-order valence-corrected chi connectivity index (χ2v) is 9.86. The SMILES string of the molecule is COc1ccccc1CNC(=O)[C@H](C)[NH+]1CCN(S(=O)(=O)c2cccs2)CC1. The Morgan fingerprint density at radius 2 is 1.96 bits per heavy atom. The topological polar surface area (TPSA) is 80.2 Å². The molecule has 7 nitrogen and oxygen atoms in total. The van der Waals surface area contributed by atoms with Gasteiger partial charge in [0.1, 0.15) is 9.96 Å². The quantitative estimate of drug-likeness (QED) is 0.672. The van der Waals surface area contributed by atoms with Crippen LogP contribution in [0.3, 0.4) is 0 Å². The Morgan fingerprint density at radius 1 is 1.25 bits per heavy atom. The molecule has 28 heavy (non-hydrogen) atoms. The number of quaternary nitrogens is 1. The number of sulfonamides is 1. The van der Waals surface area contributed by atoms with Gasteiger partial charge in [-0.15, -0.1) is 11.3 Å². The monoisotopic (exact) mass is 424 g/mol. The summed E-state index contributed by atoms with van der Waals surface area (Å²) in [6.45, 7) is 4.33. The van der Waals surface area contributed by atoms with Crippen LogP contribution in [0, 0.1) is 0 Å². The summed E-state index contributed by atoms with van der Waals surface area (Å²) in [7, 11) is -1.81. The minimum absolute atomic E-state index is 0.0459. The highest BCUT2D eigenvalue weighted by atomic mass is 32.2. The van der Waals surface area contributed by atoms with Crippen LogP contribution in [0.1, 0.15) is 12.5 Å². The van der Waals surface area contributed by atoms with Gasteiger partial charge in [0.15, 0.2) is 6.04 Å². The molecular formula is C19H26N3O4S2+. The number of hydrogen-bond acceptors (Lipinski definition) is 5. The number of rotatable bonds is 7. The first-order chi connectivity index (χ1) is 13.4. The smallest absolute Gasteiger partial charge is 0.278 e. The van der Waals surface area contributed by atoms with Crippen LogP contribution in [0.4, 0.5) is 0 Å². The Balaban J connectivity index is 1.53. The highest BCUT2D eigenvalue weighted by molar-refractivity contribution is 7.91. The minimum Gasteiger partial charge on any atom is -0.496 e. The van der Waals surface area contributed by atoms with E-state index in [0.29, 0.717) is 36.9 Å². The van der Waals surface area contributed by atoms with Crippen LogP contribution in [-0.2, 0) is 21.4 Å². The molecule has 1 saturated heterocycles. The summed E-state index contributed by atoms with van der Waals surface area (Å²) in [5.41, 5.74) is 0.924. The number of amides is 1. The molecule has 1 aromatic carbocycles. The molecule has 0 radical (unpaired) electrons. The van der Waals surface area contributed by atoms with E-state index in [1.807, 2.05) is 31.2 Å². The van der Waals surface area contributed by atoms with Crippen molar-refractivity contribution in [1.82, 2.24) is 9.62 Å². The van der Waals surface area contributed by atoms with Crippen LogP contribution >= 0.6 is 11.3 Å². The Hall–Kier alpha value is -1.94. The lowest BCUT2D eigenvalue weighted by Gasteiger charge is -2.33. The molecule has 0 aliphatic carbocycles. The van der Waals surface area contributed by atoms with E-state index in [1.165, 1.54) is 15.6 Å². The maximum atomic E-state index is 12.6. The number of carbonyl (C=O) groups is 1. The second kappa shape index (κ2) is 9.04. The first-order valence-electron chi connectivity index (χ1n) is 9.21. The normalized spacial score (nSPS) is 17.2. The fourth-order valence-electron chi connectivity index (χ4n) is 3.35. The zero-order valence-corrected chi connectivity index (χ0v) is 17.7. The summed E-state index contributed by atoms with van der Waals surface area (Å²) < 4.78 is 32.4. The van der Waals surface area contributed by atoms with Gasteiger partial charge in [0, 0.05) is 12.1 Å². The zero-order chi connectivity index (χ0) is 20.1. The van der Waals surface area contributed by atoms with Crippen molar-refractivity contribution in [2.24, 2.45) is 0 Å². The number of nitrogens with one attached hydrogen (secondary N) is 2. The highest BCUT2D eigenvalue weighted by Gasteiger charge is 2.34. The van der Waals surface area contributed by atoms with Gasteiger partial charge < -0.3 is 15.0 Å². The Bertz CT molecular complexity index is 892. The van der Waals surface area contributed by atoms with Crippen molar-refractivity contribution in [3.05, 3.63) is 47.3 Å². The fourth-order valence-corrected chi connectivity index (χ4v) is 5.94. The summed E-state index contributed by atoms with van der Waals surface area (Å²) in [6.07, 6.45) is 0. The van der Waals surface area contributed by atoms with Crippen molar-refractivity contribution in [3.63, 3.8) is 0 Å². The molecule has 1 amide bonds. The standard InChI is InChI=1S/C19H25N3O4S2/c1-15(19(23)20-14-16-6-3-4-7-17(16)26-2)21-9-11-22(12-10-21)28(24,25)18-8-5-13-27-18/h3-8,13,15H,9-12,14H2,1-2H3,(H,20,23)/p+1/t15-/m0/s1. The Morgan fingerprint density at radius 3 is 2.61 bits per heavy atom. The van der Waals surface area contributed by atoms with Crippen molar-refractivity contribution in [2.75, 3.05) is 33.3 Å². The van der Waals surface area contributed by atoms with Crippen LogP contribution in [0.15, 0.2) is 46.0 Å². The van der Waals surface area contributed by atoms with Crippen molar-refractivity contribution in [3.8, 4) is 5.75 Å². The van der Waals surface area contributed by atoms with Crippen molar-refractivity contribution < 1.29 is 22.8 Å². The van der Waals surface area contributed by atoms with Crippen molar-refractivity contribution >= 4 is 27.3 Å². The molecule has 0 saturated carbocycles. The zero-order valence-electron chi connectivity index (χ0n) is 16.1. The van der Waals surface area contributed by atoms with Gasteiger partial charge in [0.2, 0.25) is 0 Å². The molecule has 2 aromatic rings. The lowest BCUT2D eigenvalue weighted by atomic mass is 10.2. The molecular weight excluding hydrogens is 398 g/mol. The molecule has 1 aliphatic rings. The third kappa shape index (κ3) is 4.54. The number of carbonyl (C=O) groups excluding carboxylic acids is 1. The van der Waals surface area contributed by atoms with Gasteiger partial charge in [-0.2, -0.15) is 4.31 Å². The van der Waals surface area contributed by atoms with Gasteiger partial charge in [-0.3, -0.25) is 4.79 Å². The maximum Gasteiger partial charge on any atom is 0.278 e. The molecule has 1 aliphatic heterocycles. The molecule has 3 rings (SSSR count). The maximum absolute atomic E-state index is 12.6. The number of methoxy groups -OCH3 is 1. The number of piperazine rings is 1. The van der Waals surface area contributed by atoms with Crippen molar-refractivity contribution in [2.45, 2.75) is 23.7 Å². The van der Waals surface area contributed by atoms with Gasteiger partial charge in [-0.25, -0.2) is 8.42 Å². The first-order valence-corrected chi connectivity index (χ1v) is 11.5. The largest absolute Gasteiger partial charge is 0.496 e. The average Bonchev–Trinajstić information content (AvgIpc) is 3.27. The van der Waals surface area contributed by atoms with E-state index in [4.69, 9.17) is 4.74 Å². The molecule has 2 N–H and O–H groups in total. The van der Waals surface area contributed by atoms with E-state index < -0.39 is 10.0 Å². The number of thiophene rings is 1. The fraction of sp³-hybridized carbons (Fsp3) is 0.421. The summed E-state index contributed by atoms with van der Waals surface area (Å²) in [6, 6.07) is 10.7. The number of para-hydroxylation sites is 1. The van der Waals surface area contributed by atoms with E-state index in [0.717, 1.165) is 16.2 Å². The number of hydrogen-bond donors (Lipinski definition) is 2. The lowest BCUT2D eigenvalue weighted by Crippen LogP contribution is -3.19. The summed E-state index contributed by atoms with van der Waals surface area (Å²) >= 11 is 1.23. The third-order valence-corrected chi connectivity index (χ3v) is 8.38. The molecule has 152 valence electrons. The Labute approximate surface area is 170 Å². The van der Waals surface area contributed by atoms with Crippen LogP contribution in [0.2, 0.25) is 0 Å². The van der Waals surface area contributed by atoms with E-state index in [2.05, 4.69) is 5.32 Å². The summed E-state index contributed by atoms with van der Waals surface area (Å²) in [4.78, 5) is 13.7. The first kappa shape index (κ1) is 20.8. The van der Waals surface area contributed by atoms with E-state index >= 15 is 0 Å². The predicted octanol–water partition coefficient (Wildman–Crippen LogP) is 0.351. The molecule has 1 fully saturated rings. The molecule has 0 spiro atoms. The van der Waals surface area contributed by atoms with Crippen molar-refractivity contribution in [1.29, 1.82) is 0 Å². The summed E-state index contributed by atoms with van der Waals surface area (Å²) in [5, 5.41) is 4.73. The van der Waals surface area contributed by atoms with Gasteiger partial charge in [-0.1, -0.05) is 24.3 Å². The van der Waals surface area contributed by atoms with E-state index in [1.54, 1.807) is 24.6 Å². The van der Waals surface area contributed by atoms with Gasteiger partial charge in [0.25, 0.3) is 15.9 Å². The second-order valence-electron chi connectivity index (χ2n) is 6.75. The van der Waals surface area contributed by atoms with Crippen LogP contribution in [0.5, 0.6) is 5.75 Å². The number of nitrogens with zero attached hydrogens (tertiary/aromatic N) is 1. The minimum atomic E-state index is -3.42. The molecule has 9 heteroatoms. The Kier molecular flexibility index (Phi) is 6.71.